The fourth-order valence-electron chi connectivity index (χ4n) is 0.575. The molecule has 12 heavy (non-hydrogen) atoms. The van der Waals surface area contributed by atoms with Crippen LogP contribution < -0.4 is 0 Å². The maximum absolute atomic E-state index is 10.7. The van der Waals surface area contributed by atoms with Crippen LogP contribution in [0.1, 0.15) is 20.3 Å². The molecule has 0 unspecified atom stereocenters. The number of hydrogen-bond acceptors (Lipinski definition) is 3. The van der Waals surface area contributed by atoms with E-state index in [1.54, 1.807) is 6.92 Å². The van der Waals surface area contributed by atoms with Crippen molar-refractivity contribution < 1.29 is 19.5 Å². The zero-order valence-electron chi connectivity index (χ0n) is 6.96. The minimum absolute atomic E-state index is 0.0461. The van der Waals surface area contributed by atoms with E-state index in [-0.39, 0.29) is 12.0 Å². The minimum Gasteiger partial charge on any atom is -0.478 e. The van der Waals surface area contributed by atoms with E-state index >= 15 is 0 Å². The Labute approximate surface area is 69.9 Å². The molecule has 4 nitrogen and oxygen atoms in total. The summed E-state index contributed by atoms with van der Waals surface area (Å²) in [6.45, 7) is 2.71. The van der Waals surface area contributed by atoms with Gasteiger partial charge >= 0.3 is 5.97 Å². The summed E-state index contributed by atoms with van der Waals surface area (Å²) in [6, 6.07) is 0. The Morgan fingerprint density at radius 1 is 1.33 bits per heavy atom. The van der Waals surface area contributed by atoms with Crippen molar-refractivity contribution in [2.24, 2.45) is 0 Å². The molecule has 0 amide bonds. The third-order valence-electron chi connectivity index (χ3n) is 1.31. The molecule has 0 aliphatic heterocycles. The highest BCUT2D eigenvalue weighted by atomic mass is 16.4. The highest BCUT2D eigenvalue weighted by Gasteiger charge is 2.09. The number of hydrogen-bond donors (Lipinski definition) is 1. The fourth-order valence-corrected chi connectivity index (χ4v) is 0.575. The Hall–Kier alpha value is -1.45. The summed E-state index contributed by atoms with van der Waals surface area (Å²) in [6.07, 6.45) is 1.10. The third kappa shape index (κ3) is 3.09. The molecule has 0 spiro atoms. The predicted octanol–water partition coefficient (Wildman–Crippen LogP) is 0.565. The van der Waals surface area contributed by atoms with Gasteiger partial charge in [0.25, 0.3) is 0 Å². The molecule has 0 rings (SSSR count). The molecule has 0 aliphatic rings. The number of carbonyl (C=O) groups is 3. The van der Waals surface area contributed by atoms with Gasteiger partial charge in [-0.15, -0.1) is 0 Å². The SMILES string of the molecule is CCC(=CC(=O)C(C)=O)C(=O)O. The molecule has 0 aromatic rings. The van der Waals surface area contributed by atoms with E-state index in [0.29, 0.717) is 0 Å². The maximum Gasteiger partial charge on any atom is 0.331 e. The van der Waals surface area contributed by atoms with Crippen molar-refractivity contribution in [3.05, 3.63) is 11.6 Å². The van der Waals surface area contributed by atoms with Gasteiger partial charge < -0.3 is 5.11 Å². The summed E-state index contributed by atoms with van der Waals surface area (Å²) in [7, 11) is 0. The lowest BCUT2D eigenvalue weighted by Crippen LogP contribution is -2.09. The third-order valence-corrected chi connectivity index (χ3v) is 1.31. The van der Waals surface area contributed by atoms with Gasteiger partial charge in [-0.1, -0.05) is 6.92 Å². The number of aliphatic carboxylic acids is 1. The van der Waals surface area contributed by atoms with Gasteiger partial charge in [-0.25, -0.2) is 4.79 Å². The van der Waals surface area contributed by atoms with E-state index in [2.05, 4.69) is 0 Å². The average molecular weight is 170 g/mol. The fraction of sp³-hybridized carbons (Fsp3) is 0.375. The van der Waals surface area contributed by atoms with E-state index in [0.717, 1.165) is 13.0 Å². The van der Waals surface area contributed by atoms with Crippen LogP contribution in [0.5, 0.6) is 0 Å². The smallest absolute Gasteiger partial charge is 0.331 e. The molecule has 0 bridgehead atoms. The van der Waals surface area contributed by atoms with Gasteiger partial charge in [-0.3, -0.25) is 9.59 Å². The van der Waals surface area contributed by atoms with Gasteiger partial charge in [0.2, 0.25) is 5.78 Å². The van der Waals surface area contributed by atoms with Gasteiger partial charge in [-0.05, 0) is 12.5 Å². The highest BCUT2D eigenvalue weighted by Crippen LogP contribution is 2.00. The quantitative estimate of drug-likeness (QED) is 0.494. The zero-order valence-corrected chi connectivity index (χ0v) is 6.96. The first kappa shape index (κ1) is 10.6. The molecule has 0 fully saturated rings. The molecule has 4 heteroatoms. The molecular formula is C8H10O4. The largest absolute Gasteiger partial charge is 0.478 e. The first-order valence-electron chi connectivity index (χ1n) is 3.47. The van der Waals surface area contributed by atoms with Crippen LogP contribution in [-0.4, -0.2) is 22.6 Å². The first-order valence-corrected chi connectivity index (χ1v) is 3.47. The lowest BCUT2D eigenvalue weighted by molar-refractivity contribution is -0.134. The summed E-state index contributed by atoms with van der Waals surface area (Å²) in [4.78, 5) is 31.5. The van der Waals surface area contributed by atoms with Crippen molar-refractivity contribution in [3.63, 3.8) is 0 Å². The van der Waals surface area contributed by atoms with Crippen LogP contribution in [-0.2, 0) is 14.4 Å². The maximum atomic E-state index is 10.7. The lowest BCUT2D eigenvalue weighted by atomic mass is 10.1. The normalized spacial score (nSPS) is 11.0. The molecule has 0 saturated heterocycles. The molecule has 0 aliphatic carbocycles. The topological polar surface area (TPSA) is 71.4 Å². The van der Waals surface area contributed by atoms with Crippen molar-refractivity contribution in [1.29, 1.82) is 0 Å². The van der Waals surface area contributed by atoms with Crippen LogP contribution in [0.2, 0.25) is 0 Å². The molecule has 0 heterocycles. The second kappa shape index (κ2) is 4.43. The summed E-state index contributed by atoms with van der Waals surface area (Å²) in [5.74, 6) is -2.58. The molecule has 0 saturated carbocycles. The first-order chi connectivity index (χ1) is 5.49. The number of carbonyl (C=O) groups excluding carboxylic acids is 2. The molecule has 0 aromatic heterocycles. The predicted molar refractivity (Wildman–Crippen MR) is 41.7 cm³/mol. The van der Waals surface area contributed by atoms with Gasteiger partial charge in [0, 0.05) is 12.5 Å². The molecule has 0 atom stereocenters. The van der Waals surface area contributed by atoms with Gasteiger partial charge in [0.1, 0.15) is 0 Å². The Morgan fingerprint density at radius 2 is 1.83 bits per heavy atom. The van der Waals surface area contributed by atoms with Crippen molar-refractivity contribution >= 4 is 17.5 Å². The molecule has 0 radical (unpaired) electrons. The van der Waals surface area contributed by atoms with Crippen LogP contribution in [0.4, 0.5) is 0 Å². The standard InChI is InChI=1S/C8H10O4/c1-3-6(8(11)12)4-7(10)5(2)9/h4H,3H2,1-2H3,(H,11,12). The Morgan fingerprint density at radius 3 is 2.08 bits per heavy atom. The number of rotatable bonds is 4. The molecule has 66 valence electrons. The van der Waals surface area contributed by atoms with Crippen molar-refractivity contribution in [2.45, 2.75) is 20.3 Å². The van der Waals surface area contributed by atoms with Crippen LogP contribution in [0.3, 0.4) is 0 Å². The van der Waals surface area contributed by atoms with Crippen molar-refractivity contribution in [2.75, 3.05) is 0 Å². The summed E-state index contributed by atoms with van der Waals surface area (Å²) in [5.41, 5.74) is -0.0461. The van der Waals surface area contributed by atoms with Crippen molar-refractivity contribution in [1.82, 2.24) is 0 Å². The monoisotopic (exact) mass is 170 g/mol. The Kier molecular flexibility index (Phi) is 3.90. The van der Waals surface area contributed by atoms with Crippen LogP contribution in [0.15, 0.2) is 11.6 Å². The number of carboxylic acids is 1. The van der Waals surface area contributed by atoms with E-state index in [9.17, 15) is 14.4 Å². The van der Waals surface area contributed by atoms with Crippen LogP contribution in [0.25, 0.3) is 0 Å². The average Bonchev–Trinajstić information content (AvgIpc) is 1.98. The summed E-state index contributed by atoms with van der Waals surface area (Å²) < 4.78 is 0. The molecule has 0 aromatic carbocycles. The van der Waals surface area contributed by atoms with Gasteiger partial charge in [0.05, 0.1) is 0 Å². The second-order valence-electron chi connectivity index (χ2n) is 2.25. The van der Waals surface area contributed by atoms with E-state index in [4.69, 9.17) is 5.11 Å². The van der Waals surface area contributed by atoms with Crippen LogP contribution >= 0.6 is 0 Å². The van der Waals surface area contributed by atoms with Gasteiger partial charge in [0.15, 0.2) is 5.78 Å². The zero-order chi connectivity index (χ0) is 9.72. The second-order valence-corrected chi connectivity index (χ2v) is 2.25. The Balaban J connectivity index is 4.61. The van der Waals surface area contributed by atoms with E-state index < -0.39 is 17.5 Å². The molecular weight excluding hydrogens is 160 g/mol. The Bertz CT molecular complexity index is 250. The number of Topliss-reactive ketones (excluding diaryl/α,β-unsaturated/α-hetero) is 1. The highest BCUT2D eigenvalue weighted by molar-refractivity contribution is 6.41. The number of ketones is 2. The van der Waals surface area contributed by atoms with Crippen molar-refractivity contribution in [3.8, 4) is 0 Å². The van der Waals surface area contributed by atoms with E-state index in [1.807, 2.05) is 0 Å². The van der Waals surface area contributed by atoms with Gasteiger partial charge in [-0.2, -0.15) is 0 Å². The summed E-state index contributed by atoms with van der Waals surface area (Å²) >= 11 is 0. The number of carboxylic acid groups (broad SMARTS) is 1. The summed E-state index contributed by atoms with van der Waals surface area (Å²) in [5, 5.41) is 8.47. The lowest BCUT2D eigenvalue weighted by Gasteiger charge is -1.94. The number of allylic oxidation sites excluding steroid dienone is 1. The van der Waals surface area contributed by atoms with Crippen LogP contribution in [0, 0.1) is 0 Å². The molecule has 1 N–H and O–H groups in total. The minimum atomic E-state index is -1.16. The van der Waals surface area contributed by atoms with E-state index in [1.165, 1.54) is 0 Å².